The average molecular weight is 463 g/mol. The maximum atomic E-state index is 12.5. The van der Waals surface area contributed by atoms with Gasteiger partial charge >= 0.3 is 5.97 Å². The Bertz CT molecular complexity index is 891. The molecule has 7 heteroatoms. The first-order valence-corrected chi connectivity index (χ1v) is 11.5. The number of carbonyl (C=O) groups is 2. The third-order valence-corrected chi connectivity index (χ3v) is 6.12. The zero-order chi connectivity index (χ0) is 22.2. The minimum absolute atomic E-state index is 0.152. The summed E-state index contributed by atoms with van der Waals surface area (Å²) in [7, 11) is 0. The number of rotatable bonds is 8. The number of likely N-dealkylation sites (tertiary alicyclic amines) is 1. The van der Waals surface area contributed by atoms with Gasteiger partial charge in [0.2, 0.25) is 5.91 Å². The maximum Gasteiger partial charge on any atom is 0.310 e. The standard InChI is InChI=1S/C24H28Cl2N2O3/c1-2-6-22(29)28-13-11-17(12-14-28)16-31-23(30)15-18-7-3-4-10-21(18)27-24-19(25)8-5-9-20(24)26/h3-5,7-10,17,27H,2,6,11-16H2,1H3. The second-order valence-corrected chi connectivity index (χ2v) is 8.63. The van der Waals surface area contributed by atoms with Crippen molar-refractivity contribution < 1.29 is 14.3 Å². The van der Waals surface area contributed by atoms with E-state index in [1.165, 1.54) is 0 Å². The van der Waals surface area contributed by atoms with Crippen LogP contribution < -0.4 is 5.32 Å². The van der Waals surface area contributed by atoms with Crippen molar-refractivity contribution in [2.45, 2.75) is 39.0 Å². The molecule has 0 saturated carbocycles. The number of carbonyl (C=O) groups excluding carboxylic acids is 2. The topological polar surface area (TPSA) is 58.6 Å². The van der Waals surface area contributed by atoms with E-state index >= 15 is 0 Å². The van der Waals surface area contributed by atoms with E-state index in [4.69, 9.17) is 27.9 Å². The summed E-state index contributed by atoms with van der Waals surface area (Å²) in [5, 5.41) is 4.25. The summed E-state index contributed by atoms with van der Waals surface area (Å²) >= 11 is 12.5. The lowest BCUT2D eigenvalue weighted by atomic mass is 9.97. The molecule has 0 unspecified atom stereocenters. The van der Waals surface area contributed by atoms with E-state index in [1.54, 1.807) is 18.2 Å². The summed E-state index contributed by atoms with van der Waals surface area (Å²) in [6.07, 6.45) is 3.36. The Hall–Kier alpha value is -2.24. The molecule has 1 aliphatic heterocycles. The second-order valence-electron chi connectivity index (χ2n) is 7.81. The summed E-state index contributed by atoms with van der Waals surface area (Å²) in [5.74, 6) is 0.245. The molecule has 1 amide bonds. The molecule has 1 fully saturated rings. The molecule has 1 aliphatic rings. The van der Waals surface area contributed by atoms with E-state index in [9.17, 15) is 9.59 Å². The Morgan fingerprint density at radius 3 is 2.42 bits per heavy atom. The number of benzene rings is 2. The van der Waals surface area contributed by atoms with Crippen LogP contribution in [-0.4, -0.2) is 36.5 Å². The fraction of sp³-hybridized carbons (Fsp3) is 0.417. The summed E-state index contributed by atoms with van der Waals surface area (Å²) in [6.45, 7) is 3.89. The minimum Gasteiger partial charge on any atom is -0.465 e. The van der Waals surface area contributed by atoms with Gasteiger partial charge in [0, 0.05) is 25.2 Å². The van der Waals surface area contributed by atoms with E-state index in [0.717, 1.165) is 43.6 Å². The highest BCUT2D eigenvalue weighted by Crippen LogP contribution is 2.33. The normalized spacial score (nSPS) is 14.4. The molecule has 0 radical (unpaired) electrons. The van der Waals surface area contributed by atoms with Crippen LogP contribution in [0.3, 0.4) is 0 Å². The molecule has 1 heterocycles. The van der Waals surface area contributed by atoms with Gasteiger partial charge in [-0.15, -0.1) is 0 Å². The number of nitrogens with zero attached hydrogens (tertiary/aromatic N) is 1. The number of nitrogens with one attached hydrogen (secondary N) is 1. The largest absolute Gasteiger partial charge is 0.465 e. The van der Waals surface area contributed by atoms with Crippen LogP contribution in [0.5, 0.6) is 0 Å². The summed E-state index contributed by atoms with van der Waals surface area (Å²) in [5.41, 5.74) is 2.18. The SMILES string of the molecule is CCCC(=O)N1CCC(COC(=O)Cc2ccccc2Nc2c(Cl)cccc2Cl)CC1. The number of amides is 1. The Kier molecular flexibility index (Phi) is 8.61. The number of halogens is 2. The molecule has 0 aliphatic carbocycles. The molecule has 166 valence electrons. The number of ether oxygens (including phenoxy) is 1. The predicted octanol–water partition coefficient (Wildman–Crippen LogP) is 5.86. The van der Waals surface area contributed by atoms with Crippen LogP contribution in [0.2, 0.25) is 10.0 Å². The highest BCUT2D eigenvalue weighted by Gasteiger charge is 2.23. The van der Waals surface area contributed by atoms with Crippen LogP contribution in [0, 0.1) is 5.92 Å². The van der Waals surface area contributed by atoms with E-state index in [1.807, 2.05) is 36.1 Å². The number of hydrogen-bond donors (Lipinski definition) is 1. The smallest absolute Gasteiger partial charge is 0.310 e. The quantitative estimate of drug-likeness (QED) is 0.498. The van der Waals surface area contributed by atoms with Gasteiger partial charge in [-0.1, -0.05) is 54.4 Å². The molecule has 5 nitrogen and oxygen atoms in total. The molecule has 1 N–H and O–H groups in total. The van der Waals surface area contributed by atoms with Gasteiger partial charge in [0.25, 0.3) is 0 Å². The zero-order valence-corrected chi connectivity index (χ0v) is 19.2. The van der Waals surface area contributed by atoms with Crippen LogP contribution in [0.4, 0.5) is 11.4 Å². The number of hydrogen-bond acceptors (Lipinski definition) is 4. The van der Waals surface area contributed by atoms with Crippen molar-refractivity contribution in [3.63, 3.8) is 0 Å². The molecule has 1 saturated heterocycles. The molecular weight excluding hydrogens is 435 g/mol. The molecule has 0 bridgehead atoms. The first kappa shape index (κ1) is 23.4. The van der Waals surface area contributed by atoms with Crippen molar-refractivity contribution >= 4 is 46.5 Å². The van der Waals surface area contributed by atoms with Crippen molar-refractivity contribution in [3.8, 4) is 0 Å². The van der Waals surface area contributed by atoms with Crippen LogP contribution in [0.1, 0.15) is 38.2 Å². The highest BCUT2D eigenvalue weighted by molar-refractivity contribution is 6.39. The molecule has 2 aromatic rings. The first-order valence-electron chi connectivity index (χ1n) is 10.7. The van der Waals surface area contributed by atoms with Gasteiger partial charge in [-0.2, -0.15) is 0 Å². The number of para-hydroxylation sites is 2. The van der Waals surface area contributed by atoms with Crippen molar-refractivity contribution in [2.75, 3.05) is 25.0 Å². The number of anilines is 2. The Labute approximate surface area is 193 Å². The van der Waals surface area contributed by atoms with Gasteiger partial charge in [0.05, 0.1) is 28.8 Å². The molecular formula is C24H28Cl2N2O3. The van der Waals surface area contributed by atoms with Gasteiger partial charge in [-0.05, 0) is 48.9 Å². The average Bonchev–Trinajstić information content (AvgIpc) is 2.76. The first-order chi connectivity index (χ1) is 15.0. The Morgan fingerprint density at radius 2 is 1.74 bits per heavy atom. The lowest BCUT2D eigenvalue weighted by Gasteiger charge is -2.31. The lowest BCUT2D eigenvalue weighted by molar-refractivity contribution is -0.145. The monoisotopic (exact) mass is 462 g/mol. The van der Waals surface area contributed by atoms with Crippen molar-refractivity contribution in [1.82, 2.24) is 4.90 Å². The third kappa shape index (κ3) is 6.62. The Morgan fingerprint density at radius 1 is 1.06 bits per heavy atom. The van der Waals surface area contributed by atoms with Crippen LogP contribution in [0.15, 0.2) is 42.5 Å². The summed E-state index contributed by atoms with van der Waals surface area (Å²) < 4.78 is 5.56. The molecule has 0 aromatic heterocycles. The van der Waals surface area contributed by atoms with Gasteiger partial charge in [0.1, 0.15) is 0 Å². The van der Waals surface area contributed by atoms with Crippen LogP contribution >= 0.6 is 23.2 Å². The number of piperidine rings is 1. The van der Waals surface area contributed by atoms with E-state index in [-0.39, 0.29) is 18.3 Å². The highest BCUT2D eigenvalue weighted by atomic mass is 35.5. The van der Waals surface area contributed by atoms with Crippen LogP contribution in [-0.2, 0) is 20.7 Å². The lowest BCUT2D eigenvalue weighted by Crippen LogP contribution is -2.39. The maximum absolute atomic E-state index is 12.5. The summed E-state index contributed by atoms with van der Waals surface area (Å²) in [4.78, 5) is 26.4. The van der Waals surface area contributed by atoms with Gasteiger partial charge in [-0.3, -0.25) is 9.59 Å². The Balaban J connectivity index is 1.52. The van der Waals surface area contributed by atoms with Gasteiger partial charge < -0.3 is 15.0 Å². The van der Waals surface area contributed by atoms with Crippen molar-refractivity contribution in [1.29, 1.82) is 0 Å². The third-order valence-electron chi connectivity index (χ3n) is 5.49. The minimum atomic E-state index is -0.274. The van der Waals surface area contributed by atoms with Crippen molar-refractivity contribution in [3.05, 3.63) is 58.1 Å². The number of esters is 1. The second kappa shape index (κ2) is 11.4. The predicted molar refractivity (Wildman–Crippen MR) is 125 cm³/mol. The molecule has 3 rings (SSSR count). The molecule has 2 aromatic carbocycles. The molecule has 0 atom stereocenters. The van der Waals surface area contributed by atoms with Crippen LogP contribution in [0.25, 0.3) is 0 Å². The van der Waals surface area contributed by atoms with E-state index in [2.05, 4.69) is 5.32 Å². The fourth-order valence-electron chi connectivity index (χ4n) is 3.69. The van der Waals surface area contributed by atoms with E-state index < -0.39 is 0 Å². The molecule has 0 spiro atoms. The zero-order valence-electron chi connectivity index (χ0n) is 17.7. The fourth-order valence-corrected chi connectivity index (χ4v) is 4.18. The van der Waals surface area contributed by atoms with Crippen molar-refractivity contribution in [2.24, 2.45) is 5.92 Å². The van der Waals surface area contributed by atoms with Gasteiger partial charge in [0.15, 0.2) is 0 Å². The van der Waals surface area contributed by atoms with Gasteiger partial charge in [-0.25, -0.2) is 0 Å². The van der Waals surface area contributed by atoms with E-state index in [0.29, 0.717) is 34.7 Å². The molecule has 31 heavy (non-hydrogen) atoms. The summed E-state index contributed by atoms with van der Waals surface area (Å²) in [6, 6.07) is 12.8.